The van der Waals surface area contributed by atoms with E-state index in [4.69, 9.17) is 9.52 Å². The Balaban J connectivity index is 1.78. The molecule has 22 heavy (non-hydrogen) atoms. The smallest absolute Gasteiger partial charge is 0.314 e. The molecule has 7 heteroatoms. The third kappa shape index (κ3) is 4.85. The summed E-state index contributed by atoms with van der Waals surface area (Å²) in [5, 5.41) is 13.9. The molecule has 0 aliphatic heterocycles. The van der Waals surface area contributed by atoms with E-state index in [2.05, 4.69) is 15.6 Å². The van der Waals surface area contributed by atoms with E-state index in [1.807, 2.05) is 0 Å². The van der Waals surface area contributed by atoms with Crippen LogP contribution in [0.15, 0.2) is 34.9 Å². The molecule has 1 heterocycles. The third-order valence-electron chi connectivity index (χ3n) is 2.93. The van der Waals surface area contributed by atoms with E-state index in [1.165, 1.54) is 18.4 Å². The molecule has 0 unspecified atom stereocenters. The van der Waals surface area contributed by atoms with Gasteiger partial charge in [-0.15, -0.1) is 0 Å². The number of carbonyl (C=O) groups excluding carboxylic acids is 1. The first-order chi connectivity index (χ1) is 10.7. The number of halogens is 1. The van der Waals surface area contributed by atoms with Crippen LogP contribution < -0.4 is 10.6 Å². The predicted molar refractivity (Wildman–Crippen MR) is 78.7 cm³/mol. The molecule has 0 bridgehead atoms. The summed E-state index contributed by atoms with van der Waals surface area (Å²) in [7, 11) is 0. The lowest BCUT2D eigenvalue weighted by Gasteiger charge is -2.05. The van der Waals surface area contributed by atoms with Gasteiger partial charge >= 0.3 is 6.03 Å². The minimum atomic E-state index is -0.313. The lowest BCUT2D eigenvalue weighted by Crippen LogP contribution is -2.37. The van der Waals surface area contributed by atoms with Crippen molar-refractivity contribution in [2.75, 3.05) is 19.7 Å². The number of urea groups is 1. The van der Waals surface area contributed by atoms with Crippen LogP contribution in [0.25, 0.3) is 11.5 Å². The van der Waals surface area contributed by atoms with Crippen LogP contribution in [-0.2, 0) is 6.42 Å². The second kappa shape index (κ2) is 8.14. The molecule has 2 rings (SSSR count). The van der Waals surface area contributed by atoms with Gasteiger partial charge in [-0.05, 0) is 30.7 Å². The Morgan fingerprint density at radius 3 is 2.68 bits per heavy atom. The van der Waals surface area contributed by atoms with Crippen LogP contribution in [0.2, 0.25) is 0 Å². The number of rotatable bonds is 7. The normalized spacial score (nSPS) is 10.5. The number of carbonyl (C=O) groups is 1. The van der Waals surface area contributed by atoms with E-state index in [0.29, 0.717) is 43.1 Å². The second-order valence-electron chi connectivity index (χ2n) is 4.66. The zero-order valence-electron chi connectivity index (χ0n) is 12.0. The summed E-state index contributed by atoms with van der Waals surface area (Å²) in [5.41, 5.74) is 1.40. The number of oxazole rings is 1. The van der Waals surface area contributed by atoms with Crippen LogP contribution in [0, 0.1) is 5.82 Å². The van der Waals surface area contributed by atoms with E-state index in [-0.39, 0.29) is 18.5 Å². The van der Waals surface area contributed by atoms with Crippen molar-refractivity contribution in [1.29, 1.82) is 0 Å². The van der Waals surface area contributed by atoms with Crippen molar-refractivity contribution >= 4 is 6.03 Å². The molecule has 0 atom stereocenters. The SMILES string of the molecule is O=C(NCCCO)NCCc1coc(-c2ccc(F)cc2)n1. The monoisotopic (exact) mass is 307 g/mol. The molecule has 118 valence electrons. The highest BCUT2D eigenvalue weighted by molar-refractivity contribution is 5.73. The number of aliphatic hydroxyl groups is 1. The van der Waals surface area contributed by atoms with Crippen molar-refractivity contribution in [1.82, 2.24) is 15.6 Å². The molecule has 0 spiro atoms. The maximum absolute atomic E-state index is 12.9. The van der Waals surface area contributed by atoms with E-state index < -0.39 is 0 Å². The molecule has 0 saturated carbocycles. The van der Waals surface area contributed by atoms with Crippen molar-refractivity contribution in [3.63, 3.8) is 0 Å². The molecule has 3 N–H and O–H groups in total. The molecule has 1 aromatic carbocycles. The molecule has 1 aromatic heterocycles. The predicted octanol–water partition coefficient (Wildman–Crippen LogP) is 1.70. The molecular formula is C15H18FN3O3. The zero-order valence-corrected chi connectivity index (χ0v) is 12.0. The van der Waals surface area contributed by atoms with Gasteiger partial charge in [0.05, 0.1) is 5.69 Å². The molecule has 0 fully saturated rings. The Labute approximate surface area is 127 Å². The Bertz CT molecular complexity index is 598. The lowest BCUT2D eigenvalue weighted by atomic mass is 10.2. The van der Waals surface area contributed by atoms with Crippen LogP contribution in [0.3, 0.4) is 0 Å². The fourth-order valence-electron chi connectivity index (χ4n) is 1.79. The summed E-state index contributed by atoms with van der Waals surface area (Å²) >= 11 is 0. The number of hydrogen-bond acceptors (Lipinski definition) is 4. The molecule has 0 aliphatic rings. The van der Waals surface area contributed by atoms with Crippen molar-refractivity contribution < 1.29 is 18.7 Å². The summed E-state index contributed by atoms with van der Waals surface area (Å²) in [4.78, 5) is 15.7. The van der Waals surface area contributed by atoms with Gasteiger partial charge in [0.25, 0.3) is 0 Å². The summed E-state index contributed by atoms with van der Waals surface area (Å²) < 4.78 is 18.2. The van der Waals surface area contributed by atoms with Gasteiger partial charge in [-0.3, -0.25) is 0 Å². The number of nitrogens with one attached hydrogen (secondary N) is 2. The van der Waals surface area contributed by atoms with E-state index >= 15 is 0 Å². The summed E-state index contributed by atoms with van der Waals surface area (Å²) in [5.74, 6) is 0.106. The van der Waals surface area contributed by atoms with E-state index in [9.17, 15) is 9.18 Å². The standard InChI is InChI=1S/C15H18FN3O3/c16-12-4-2-11(3-5-12)14-19-13(10-22-14)6-8-18-15(21)17-7-1-9-20/h2-5,10,20H,1,6-9H2,(H2,17,18,21). The van der Waals surface area contributed by atoms with Gasteiger partial charge in [-0.25, -0.2) is 14.2 Å². The first kappa shape index (κ1) is 16.0. The fraction of sp³-hybridized carbons (Fsp3) is 0.333. The van der Waals surface area contributed by atoms with Crippen molar-refractivity contribution in [2.24, 2.45) is 0 Å². The van der Waals surface area contributed by atoms with Gasteiger partial charge in [0, 0.05) is 31.7 Å². The van der Waals surface area contributed by atoms with Gasteiger partial charge in [0.1, 0.15) is 12.1 Å². The highest BCUT2D eigenvalue weighted by Crippen LogP contribution is 2.18. The van der Waals surface area contributed by atoms with Gasteiger partial charge in [-0.1, -0.05) is 0 Å². The van der Waals surface area contributed by atoms with Crippen LogP contribution in [0.1, 0.15) is 12.1 Å². The minimum Gasteiger partial charge on any atom is -0.444 e. The first-order valence-corrected chi connectivity index (χ1v) is 7.02. The van der Waals surface area contributed by atoms with Gasteiger partial charge < -0.3 is 20.2 Å². The molecule has 0 saturated heterocycles. The zero-order chi connectivity index (χ0) is 15.8. The summed E-state index contributed by atoms with van der Waals surface area (Å²) in [6, 6.07) is 5.60. The topological polar surface area (TPSA) is 87.4 Å². The van der Waals surface area contributed by atoms with Crippen LogP contribution in [0.5, 0.6) is 0 Å². The number of aromatic nitrogens is 1. The second-order valence-corrected chi connectivity index (χ2v) is 4.66. The van der Waals surface area contributed by atoms with Gasteiger partial charge in [-0.2, -0.15) is 0 Å². The average Bonchev–Trinajstić information content (AvgIpc) is 2.97. The Morgan fingerprint density at radius 1 is 1.23 bits per heavy atom. The average molecular weight is 307 g/mol. The van der Waals surface area contributed by atoms with Crippen LogP contribution in [-0.4, -0.2) is 35.8 Å². The molecule has 0 radical (unpaired) electrons. The molecule has 6 nitrogen and oxygen atoms in total. The quantitative estimate of drug-likeness (QED) is 0.680. The van der Waals surface area contributed by atoms with Crippen molar-refractivity contribution in [3.8, 4) is 11.5 Å². The molecule has 0 aliphatic carbocycles. The summed E-state index contributed by atoms with van der Waals surface area (Å²) in [6.45, 7) is 0.896. The lowest BCUT2D eigenvalue weighted by molar-refractivity contribution is 0.238. The highest BCUT2D eigenvalue weighted by Gasteiger charge is 2.07. The maximum atomic E-state index is 12.9. The largest absolute Gasteiger partial charge is 0.444 e. The Morgan fingerprint density at radius 2 is 1.95 bits per heavy atom. The summed E-state index contributed by atoms with van der Waals surface area (Å²) in [6.07, 6.45) is 2.57. The van der Waals surface area contributed by atoms with Crippen LogP contribution >= 0.6 is 0 Å². The molecule has 2 aromatic rings. The Hall–Kier alpha value is -2.41. The van der Waals surface area contributed by atoms with Crippen molar-refractivity contribution in [3.05, 3.63) is 42.0 Å². The van der Waals surface area contributed by atoms with Crippen molar-refractivity contribution in [2.45, 2.75) is 12.8 Å². The molecule has 2 amide bonds. The van der Waals surface area contributed by atoms with Crippen LogP contribution in [0.4, 0.5) is 9.18 Å². The third-order valence-corrected chi connectivity index (χ3v) is 2.93. The molecular weight excluding hydrogens is 289 g/mol. The number of benzene rings is 1. The van der Waals surface area contributed by atoms with Gasteiger partial charge in [0.2, 0.25) is 5.89 Å². The highest BCUT2D eigenvalue weighted by atomic mass is 19.1. The minimum absolute atomic E-state index is 0.0470. The van der Waals surface area contributed by atoms with Gasteiger partial charge in [0.15, 0.2) is 0 Å². The first-order valence-electron chi connectivity index (χ1n) is 7.02. The van der Waals surface area contributed by atoms with E-state index in [1.54, 1.807) is 12.1 Å². The maximum Gasteiger partial charge on any atom is 0.314 e. The number of aliphatic hydroxyl groups excluding tert-OH is 1. The number of nitrogens with zero attached hydrogens (tertiary/aromatic N) is 1. The number of amides is 2. The van der Waals surface area contributed by atoms with E-state index in [0.717, 1.165) is 0 Å². The fourth-order valence-corrected chi connectivity index (χ4v) is 1.79. The number of hydrogen-bond donors (Lipinski definition) is 3. The Kier molecular flexibility index (Phi) is 5.91.